The van der Waals surface area contributed by atoms with Gasteiger partial charge in [0.15, 0.2) is 0 Å². The lowest BCUT2D eigenvalue weighted by Gasteiger charge is -2.20. The number of nitrogens with one attached hydrogen (secondary N) is 1. The van der Waals surface area contributed by atoms with Crippen LogP contribution in [0.15, 0.2) is 28.3 Å². The van der Waals surface area contributed by atoms with Gasteiger partial charge >= 0.3 is 0 Å². The van der Waals surface area contributed by atoms with Crippen molar-refractivity contribution >= 4 is 21.6 Å². The summed E-state index contributed by atoms with van der Waals surface area (Å²) in [4.78, 5) is 4.39. The summed E-state index contributed by atoms with van der Waals surface area (Å²) in [6.07, 6.45) is 6.02. The Morgan fingerprint density at radius 3 is 2.61 bits per heavy atom. The highest BCUT2D eigenvalue weighted by Gasteiger charge is 2.21. The first-order valence-electron chi connectivity index (χ1n) is 8.27. The molecule has 7 heteroatoms. The van der Waals surface area contributed by atoms with E-state index in [9.17, 15) is 8.42 Å². The Labute approximate surface area is 139 Å². The summed E-state index contributed by atoms with van der Waals surface area (Å²) in [6, 6.07) is 3.24. The highest BCUT2D eigenvalue weighted by Crippen LogP contribution is 2.21. The van der Waals surface area contributed by atoms with E-state index >= 15 is 0 Å². The molecule has 1 N–H and O–H groups in total. The third kappa shape index (κ3) is 4.29. The van der Waals surface area contributed by atoms with Crippen LogP contribution >= 0.6 is 0 Å². The molecular weight excluding hydrogens is 312 g/mol. The summed E-state index contributed by atoms with van der Waals surface area (Å²) in [7, 11) is -3.45. The fourth-order valence-electron chi connectivity index (χ4n) is 2.78. The van der Waals surface area contributed by atoms with Crippen LogP contribution < -0.4 is 5.43 Å². The molecule has 6 nitrogen and oxygen atoms in total. The minimum Gasteiger partial charge on any atom is -0.261 e. The van der Waals surface area contributed by atoms with E-state index in [1.165, 1.54) is 29.8 Å². The second kappa shape index (κ2) is 7.88. The molecule has 2 rings (SSSR count). The Kier molecular flexibility index (Phi) is 6.12. The number of hydrazone groups is 1. The molecule has 0 radical (unpaired) electrons. The predicted octanol–water partition coefficient (Wildman–Crippen LogP) is 3.09. The molecule has 0 amide bonds. The van der Waals surface area contributed by atoms with Gasteiger partial charge in [0.2, 0.25) is 10.0 Å². The smallest absolute Gasteiger partial charge is 0.244 e. The van der Waals surface area contributed by atoms with Crippen LogP contribution in [0.3, 0.4) is 0 Å². The van der Waals surface area contributed by atoms with Crippen molar-refractivity contribution in [2.75, 3.05) is 18.5 Å². The van der Waals surface area contributed by atoms with Gasteiger partial charge in [-0.3, -0.25) is 5.43 Å². The predicted molar refractivity (Wildman–Crippen MR) is 93.0 cm³/mol. The molecule has 1 aromatic rings. The highest BCUT2D eigenvalue weighted by atomic mass is 32.2. The van der Waals surface area contributed by atoms with Crippen molar-refractivity contribution < 1.29 is 8.42 Å². The van der Waals surface area contributed by atoms with E-state index in [-0.39, 0.29) is 4.90 Å². The van der Waals surface area contributed by atoms with Gasteiger partial charge in [-0.05, 0) is 37.3 Å². The third-order valence-electron chi connectivity index (χ3n) is 4.28. The molecule has 128 valence electrons. The molecule has 1 aromatic heterocycles. The minimum absolute atomic E-state index is 0.213. The Morgan fingerprint density at radius 1 is 1.30 bits per heavy atom. The van der Waals surface area contributed by atoms with Crippen molar-refractivity contribution in [2.45, 2.75) is 51.3 Å². The van der Waals surface area contributed by atoms with Crippen molar-refractivity contribution in [3.63, 3.8) is 0 Å². The number of nitrogens with zero attached hydrogens (tertiary/aromatic N) is 3. The maximum Gasteiger partial charge on any atom is 0.244 e. The molecule has 0 aromatic carbocycles. The lowest BCUT2D eigenvalue weighted by atomic mass is 9.89. The first kappa shape index (κ1) is 17.9. The van der Waals surface area contributed by atoms with Gasteiger partial charge in [0, 0.05) is 25.0 Å². The molecule has 0 bridgehead atoms. The van der Waals surface area contributed by atoms with E-state index in [2.05, 4.69) is 22.4 Å². The largest absolute Gasteiger partial charge is 0.261 e. The zero-order valence-corrected chi connectivity index (χ0v) is 14.9. The second-order valence-electron chi connectivity index (χ2n) is 5.83. The lowest BCUT2D eigenvalue weighted by molar-refractivity contribution is 0.445. The summed E-state index contributed by atoms with van der Waals surface area (Å²) < 4.78 is 26.2. The van der Waals surface area contributed by atoms with Crippen LogP contribution in [0.1, 0.15) is 46.5 Å². The molecule has 1 heterocycles. The SMILES string of the molecule is CCN(CC)S(=O)(=O)c1ccc(N/N=C2/CCCCC2C)nc1. The van der Waals surface area contributed by atoms with Crippen LogP contribution in [-0.2, 0) is 10.0 Å². The summed E-state index contributed by atoms with van der Waals surface area (Å²) in [5.74, 6) is 1.06. The van der Waals surface area contributed by atoms with Crippen LogP contribution in [0.5, 0.6) is 0 Å². The quantitative estimate of drug-likeness (QED) is 0.809. The molecule has 0 saturated heterocycles. The van der Waals surface area contributed by atoms with Gasteiger partial charge in [-0.2, -0.15) is 9.41 Å². The van der Waals surface area contributed by atoms with Crippen molar-refractivity contribution in [1.29, 1.82) is 0 Å². The van der Waals surface area contributed by atoms with Gasteiger partial charge in [-0.15, -0.1) is 0 Å². The van der Waals surface area contributed by atoms with Gasteiger partial charge in [0.25, 0.3) is 0 Å². The van der Waals surface area contributed by atoms with Crippen LogP contribution in [-0.4, -0.2) is 36.5 Å². The summed E-state index contributed by atoms with van der Waals surface area (Å²) in [5.41, 5.74) is 4.11. The molecule has 1 unspecified atom stereocenters. The molecule has 1 fully saturated rings. The highest BCUT2D eigenvalue weighted by molar-refractivity contribution is 7.89. The van der Waals surface area contributed by atoms with E-state index in [0.717, 1.165) is 12.1 Å². The summed E-state index contributed by atoms with van der Waals surface area (Å²) in [6.45, 7) is 6.74. The van der Waals surface area contributed by atoms with Crippen LogP contribution in [0, 0.1) is 5.92 Å². The normalized spacial score (nSPS) is 20.9. The summed E-state index contributed by atoms with van der Waals surface area (Å²) >= 11 is 0. The zero-order chi connectivity index (χ0) is 16.9. The average Bonchev–Trinajstić information content (AvgIpc) is 2.55. The molecule has 0 spiro atoms. The van der Waals surface area contributed by atoms with Crippen molar-refractivity contribution in [1.82, 2.24) is 9.29 Å². The lowest BCUT2D eigenvalue weighted by Crippen LogP contribution is -2.30. The standard InChI is InChI=1S/C16H26N4O2S/c1-4-20(5-2)23(21,22)14-10-11-16(17-12-14)19-18-15-9-7-6-8-13(15)3/h10-13H,4-9H2,1-3H3,(H,17,19)/b18-15-. The maximum absolute atomic E-state index is 12.4. The van der Waals surface area contributed by atoms with Crippen molar-refractivity contribution in [3.8, 4) is 0 Å². The van der Waals surface area contributed by atoms with E-state index < -0.39 is 10.0 Å². The van der Waals surface area contributed by atoms with E-state index in [1.807, 2.05) is 13.8 Å². The number of sulfonamides is 1. The van der Waals surface area contributed by atoms with Gasteiger partial charge < -0.3 is 0 Å². The van der Waals surface area contributed by atoms with Gasteiger partial charge in [-0.1, -0.05) is 27.2 Å². The fourth-order valence-corrected chi connectivity index (χ4v) is 4.18. The Bertz CT molecular complexity index is 637. The van der Waals surface area contributed by atoms with E-state index in [0.29, 0.717) is 24.8 Å². The molecule has 1 saturated carbocycles. The Morgan fingerprint density at radius 2 is 2.04 bits per heavy atom. The maximum atomic E-state index is 12.4. The third-order valence-corrected chi connectivity index (χ3v) is 6.32. The number of aromatic nitrogens is 1. The first-order valence-corrected chi connectivity index (χ1v) is 9.71. The number of hydrogen-bond donors (Lipinski definition) is 1. The van der Waals surface area contributed by atoms with Crippen LogP contribution in [0.2, 0.25) is 0 Å². The molecule has 1 aliphatic carbocycles. The van der Waals surface area contributed by atoms with E-state index in [1.54, 1.807) is 12.1 Å². The fraction of sp³-hybridized carbons (Fsp3) is 0.625. The first-order chi connectivity index (χ1) is 11.0. The molecule has 0 aliphatic heterocycles. The minimum atomic E-state index is -3.45. The number of hydrogen-bond acceptors (Lipinski definition) is 5. The van der Waals surface area contributed by atoms with Gasteiger partial charge in [-0.25, -0.2) is 13.4 Å². The topological polar surface area (TPSA) is 74.7 Å². The molecule has 1 aliphatic rings. The molecular formula is C16H26N4O2S. The number of rotatable bonds is 6. The zero-order valence-electron chi connectivity index (χ0n) is 14.1. The van der Waals surface area contributed by atoms with Gasteiger partial charge in [0.1, 0.15) is 10.7 Å². The molecule has 1 atom stereocenters. The number of anilines is 1. The summed E-state index contributed by atoms with van der Waals surface area (Å²) in [5, 5.41) is 4.44. The number of pyridine rings is 1. The second-order valence-corrected chi connectivity index (χ2v) is 7.77. The van der Waals surface area contributed by atoms with Crippen LogP contribution in [0.4, 0.5) is 5.82 Å². The average molecular weight is 338 g/mol. The Hall–Kier alpha value is -1.47. The molecule has 23 heavy (non-hydrogen) atoms. The van der Waals surface area contributed by atoms with Crippen LogP contribution in [0.25, 0.3) is 0 Å². The monoisotopic (exact) mass is 338 g/mol. The van der Waals surface area contributed by atoms with Gasteiger partial charge in [0.05, 0.1) is 0 Å². The van der Waals surface area contributed by atoms with Crippen molar-refractivity contribution in [2.24, 2.45) is 11.0 Å². The van der Waals surface area contributed by atoms with E-state index in [4.69, 9.17) is 0 Å². The Balaban J connectivity index is 2.09. The van der Waals surface area contributed by atoms with Crippen molar-refractivity contribution in [3.05, 3.63) is 18.3 Å².